The first-order valence-corrected chi connectivity index (χ1v) is 9.35. The topological polar surface area (TPSA) is 68.0 Å². The van der Waals surface area contributed by atoms with Crippen LogP contribution in [0.1, 0.15) is 43.7 Å². The van der Waals surface area contributed by atoms with Crippen molar-refractivity contribution < 1.29 is 9.32 Å². The Labute approximate surface area is 151 Å². The molecule has 0 spiro atoms. The number of amides is 1. The predicted octanol–water partition coefficient (Wildman–Crippen LogP) is 4.39. The van der Waals surface area contributed by atoms with Crippen molar-refractivity contribution in [3.63, 3.8) is 0 Å². The van der Waals surface area contributed by atoms with Gasteiger partial charge < -0.3 is 9.84 Å². The number of hydrogen-bond acceptors (Lipinski definition) is 5. The van der Waals surface area contributed by atoms with Gasteiger partial charge in [-0.2, -0.15) is 4.98 Å². The molecule has 5 nitrogen and oxygen atoms in total. The lowest BCUT2D eigenvalue weighted by Crippen LogP contribution is -2.28. The molecule has 1 aromatic carbocycles. The van der Waals surface area contributed by atoms with E-state index in [1.54, 1.807) is 11.3 Å². The normalized spacial score (nSPS) is 12.0. The van der Waals surface area contributed by atoms with Crippen molar-refractivity contribution in [2.75, 3.05) is 0 Å². The zero-order chi connectivity index (χ0) is 17.5. The second-order valence-electron chi connectivity index (χ2n) is 5.81. The Morgan fingerprint density at radius 2 is 2.08 bits per heavy atom. The molecule has 1 amide bonds. The minimum Gasteiger partial charge on any atom is -0.349 e. The average molecular weight is 355 g/mol. The van der Waals surface area contributed by atoms with Crippen molar-refractivity contribution in [2.24, 2.45) is 0 Å². The molecule has 0 saturated carbocycles. The van der Waals surface area contributed by atoms with Gasteiger partial charge in [-0.25, -0.2) is 0 Å². The van der Waals surface area contributed by atoms with Crippen LogP contribution in [0.5, 0.6) is 0 Å². The zero-order valence-electron chi connectivity index (χ0n) is 14.1. The number of hydrogen-bond donors (Lipinski definition) is 1. The third-order valence-corrected chi connectivity index (χ3v) is 4.76. The number of aromatic nitrogens is 2. The molecule has 130 valence electrons. The van der Waals surface area contributed by atoms with Crippen LogP contribution in [0.3, 0.4) is 0 Å². The van der Waals surface area contributed by atoms with Crippen molar-refractivity contribution >= 4 is 17.2 Å². The minimum absolute atomic E-state index is 0.00169. The molecule has 1 unspecified atom stereocenters. The molecular weight excluding hydrogens is 334 g/mol. The van der Waals surface area contributed by atoms with E-state index in [-0.39, 0.29) is 11.9 Å². The molecule has 0 bridgehead atoms. The maximum absolute atomic E-state index is 12.3. The van der Waals surface area contributed by atoms with E-state index < -0.39 is 0 Å². The molecule has 0 saturated heterocycles. The van der Waals surface area contributed by atoms with Crippen LogP contribution in [0.2, 0.25) is 0 Å². The van der Waals surface area contributed by atoms with E-state index in [1.807, 2.05) is 47.8 Å². The Kier molecular flexibility index (Phi) is 5.95. The van der Waals surface area contributed by atoms with Gasteiger partial charge in [0.2, 0.25) is 17.6 Å². The first-order chi connectivity index (χ1) is 12.3. The molecule has 0 radical (unpaired) electrons. The van der Waals surface area contributed by atoms with E-state index in [1.165, 1.54) is 0 Å². The first-order valence-electron chi connectivity index (χ1n) is 8.47. The van der Waals surface area contributed by atoms with Gasteiger partial charge in [0.15, 0.2) is 0 Å². The summed E-state index contributed by atoms with van der Waals surface area (Å²) in [7, 11) is 0. The van der Waals surface area contributed by atoms with Crippen molar-refractivity contribution in [2.45, 2.75) is 38.6 Å². The summed E-state index contributed by atoms with van der Waals surface area (Å²) in [6, 6.07) is 14.0. The van der Waals surface area contributed by atoms with Crippen molar-refractivity contribution in [1.29, 1.82) is 0 Å². The fraction of sp³-hybridized carbons (Fsp3) is 0.316. The summed E-state index contributed by atoms with van der Waals surface area (Å²) in [6.07, 6.45) is 2.70. The van der Waals surface area contributed by atoms with Crippen LogP contribution in [0, 0.1) is 0 Å². The number of rotatable bonds is 8. The smallest absolute Gasteiger partial charge is 0.227 e. The molecule has 3 aromatic rings. The average Bonchev–Trinajstić information content (AvgIpc) is 3.32. The summed E-state index contributed by atoms with van der Waals surface area (Å²) < 4.78 is 5.24. The summed E-state index contributed by atoms with van der Waals surface area (Å²) in [5, 5.41) is 9.05. The van der Waals surface area contributed by atoms with Gasteiger partial charge in [-0.3, -0.25) is 4.79 Å². The van der Waals surface area contributed by atoms with Gasteiger partial charge in [0.25, 0.3) is 0 Å². The molecule has 6 heteroatoms. The lowest BCUT2D eigenvalue weighted by molar-refractivity contribution is -0.122. The van der Waals surface area contributed by atoms with E-state index in [9.17, 15) is 4.79 Å². The summed E-state index contributed by atoms with van der Waals surface area (Å²) in [5.74, 6) is 1.07. The number of benzene rings is 1. The van der Waals surface area contributed by atoms with Crippen molar-refractivity contribution in [1.82, 2.24) is 15.5 Å². The molecule has 1 atom stereocenters. The number of carbonyl (C=O) groups excluding carboxylic acids is 1. The highest BCUT2D eigenvalue weighted by molar-refractivity contribution is 7.13. The lowest BCUT2D eigenvalue weighted by Gasteiger charge is -2.18. The molecule has 0 fully saturated rings. The Hall–Kier alpha value is -2.47. The van der Waals surface area contributed by atoms with E-state index >= 15 is 0 Å². The van der Waals surface area contributed by atoms with Crippen molar-refractivity contribution in [3.8, 4) is 10.7 Å². The molecule has 3 rings (SSSR count). The van der Waals surface area contributed by atoms with Crippen LogP contribution in [-0.4, -0.2) is 16.0 Å². The van der Waals surface area contributed by atoms with E-state index in [0.29, 0.717) is 24.6 Å². The maximum atomic E-state index is 12.3. The van der Waals surface area contributed by atoms with Gasteiger partial charge in [-0.1, -0.05) is 54.9 Å². The summed E-state index contributed by atoms with van der Waals surface area (Å²) >= 11 is 1.56. The molecule has 2 aromatic heterocycles. The fourth-order valence-electron chi connectivity index (χ4n) is 2.65. The van der Waals surface area contributed by atoms with Gasteiger partial charge in [0.1, 0.15) is 0 Å². The second kappa shape index (κ2) is 8.58. The van der Waals surface area contributed by atoms with Gasteiger partial charge in [-0.15, -0.1) is 11.3 Å². The Bertz CT molecular complexity index is 784. The highest BCUT2D eigenvalue weighted by Crippen LogP contribution is 2.22. The monoisotopic (exact) mass is 355 g/mol. The third-order valence-electron chi connectivity index (χ3n) is 3.89. The molecule has 0 aliphatic rings. The van der Waals surface area contributed by atoms with Gasteiger partial charge in [-0.05, 0) is 23.4 Å². The minimum atomic E-state index is -0.00169. The van der Waals surface area contributed by atoms with Crippen LogP contribution in [0.15, 0.2) is 52.4 Å². The summed E-state index contributed by atoms with van der Waals surface area (Å²) in [4.78, 5) is 17.6. The van der Waals surface area contributed by atoms with Crippen LogP contribution >= 0.6 is 11.3 Å². The van der Waals surface area contributed by atoms with Crippen LogP contribution < -0.4 is 5.32 Å². The zero-order valence-corrected chi connectivity index (χ0v) is 15.0. The number of aryl methyl sites for hydroxylation is 1. The lowest BCUT2D eigenvalue weighted by atomic mass is 10.0. The molecule has 25 heavy (non-hydrogen) atoms. The third kappa shape index (κ3) is 4.76. The van der Waals surface area contributed by atoms with Crippen LogP contribution in [-0.2, 0) is 11.2 Å². The fourth-order valence-corrected chi connectivity index (χ4v) is 3.29. The van der Waals surface area contributed by atoms with Gasteiger partial charge in [0.05, 0.1) is 10.9 Å². The standard InChI is InChI=1S/C19H21N3O2S/c1-2-7-15(14-8-4-3-5-9-14)20-17(23)11-12-18-21-19(22-24-18)16-10-6-13-25-16/h3-6,8-10,13,15H,2,7,11-12H2,1H3,(H,20,23). The van der Waals surface area contributed by atoms with Crippen molar-refractivity contribution in [3.05, 3.63) is 59.3 Å². The maximum Gasteiger partial charge on any atom is 0.227 e. The van der Waals surface area contributed by atoms with Crippen LogP contribution in [0.4, 0.5) is 0 Å². The van der Waals surface area contributed by atoms with Gasteiger partial charge in [0, 0.05) is 12.8 Å². The molecule has 1 N–H and O–H groups in total. The first kappa shape index (κ1) is 17.4. The van der Waals surface area contributed by atoms with E-state index in [2.05, 4.69) is 22.4 Å². The summed E-state index contributed by atoms with van der Waals surface area (Å²) in [6.45, 7) is 2.12. The Morgan fingerprint density at radius 1 is 1.24 bits per heavy atom. The number of thiophene rings is 1. The Balaban J connectivity index is 1.55. The Morgan fingerprint density at radius 3 is 2.80 bits per heavy atom. The number of nitrogens with one attached hydrogen (secondary N) is 1. The highest BCUT2D eigenvalue weighted by Gasteiger charge is 2.15. The molecule has 2 heterocycles. The SMILES string of the molecule is CCCC(NC(=O)CCc1nc(-c2cccs2)no1)c1ccccc1. The largest absolute Gasteiger partial charge is 0.349 e. The predicted molar refractivity (Wildman–Crippen MR) is 98.2 cm³/mol. The quantitative estimate of drug-likeness (QED) is 0.651. The highest BCUT2D eigenvalue weighted by atomic mass is 32.1. The molecule has 0 aliphatic carbocycles. The van der Waals surface area contributed by atoms with Crippen LogP contribution in [0.25, 0.3) is 10.7 Å². The van der Waals surface area contributed by atoms with E-state index in [4.69, 9.17) is 4.52 Å². The number of nitrogens with zero attached hydrogens (tertiary/aromatic N) is 2. The van der Waals surface area contributed by atoms with Gasteiger partial charge >= 0.3 is 0 Å². The molecular formula is C19H21N3O2S. The summed E-state index contributed by atoms with van der Waals surface area (Å²) in [5.41, 5.74) is 1.13. The van der Waals surface area contributed by atoms with E-state index in [0.717, 1.165) is 23.3 Å². The number of carbonyl (C=O) groups is 1. The second-order valence-corrected chi connectivity index (χ2v) is 6.76. The molecule has 0 aliphatic heterocycles.